The summed E-state index contributed by atoms with van der Waals surface area (Å²) in [5.74, 6) is -1.80. The number of nitrogens with two attached hydrogens (primary N) is 1. The highest BCUT2D eigenvalue weighted by Gasteiger charge is 2.27. The van der Waals surface area contributed by atoms with E-state index in [0.717, 1.165) is 12.8 Å². The fourth-order valence-corrected chi connectivity index (χ4v) is 2.85. The Morgan fingerprint density at radius 2 is 1.76 bits per heavy atom. The molecular weight excluding hydrogens is 386 g/mol. The second-order valence-electron chi connectivity index (χ2n) is 6.97. The number of carboxylic acid groups (broad SMARTS) is 1. The Labute approximate surface area is 180 Å². The Morgan fingerprint density at radius 1 is 1.03 bits per heavy atom. The van der Waals surface area contributed by atoms with E-state index in [-0.39, 0.29) is 24.4 Å². The third-order valence-electron chi connectivity index (χ3n) is 4.40. The van der Waals surface area contributed by atoms with Crippen LogP contribution >= 0.6 is 12.6 Å². The lowest BCUT2D eigenvalue weighted by atomic mass is 9.90. The summed E-state index contributed by atoms with van der Waals surface area (Å²) in [6, 6.07) is -0.768. The van der Waals surface area contributed by atoms with Gasteiger partial charge in [0.05, 0.1) is 18.1 Å². The van der Waals surface area contributed by atoms with Gasteiger partial charge in [-0.1, -0.05) is 68.4 Å². The third kappa shape index (κ3) is 14.9. The van der Waals surface area contributed by atoms with E-state index in [2.05, 4.69) is 31.7 Å². The number of hydrogen-bond acceptors (Lipinski definition) is 5. The second kappa shape index (κ2) is 18.4. The number of rotatable bonds is 17. The molecule has 0 aliphatic heterocycles. The first-order valence-electron chi connectivity index (χ1n) is 10.4. The largest absolute Gasteiger partial charge is 0.481 e. The van der Waals surface area contributed by atoms with Crippen molar-refractivity contribution in [1.29, 1.82) is 0 Å². The van der Waals surface area contributed by atoms with Gasteiger partial charge < -0.3 is 15.9 Å². The number of hydrogen-bond donors (Lipinski definition) is 4. The first-order valence-corrected chi connectivity index (χ1v) is 11.0. The summed E-state index contributed by atoms with van der Waals surface area (Å²) in [5, 5.41) is 19.0. The molecule has 0 saturated carbocycles. The molecule has 0 rings (SSSR count). The number of thiol groups is 1. The normalized spacial score (nSPS) is 15.6. The molecule has 4 N–H and O–H groups in total. The molecule has 29 heavy (non-hydrogen) atoms. The Hall–Kier alpha value is -1.63. The molecule has 3 atom stereocenters. The molecule has 0 heterocycles. The predicted octanol–water partition coefficient (Wildman–Crippen LogP) is 4.24. The summed E-state index contributed by atoms with van der Waals surface area (Å²) < 4.78 is 0. The molecule has 0 aliphatic rings. The van der Waals surface area contributed by atoms with Gasteiger partial charge in [0.2, 0.25) is 0 Å². The lowest BCUT2D eigenvalue weighted by Gasteiger charge is -2.21. The number of carbonyl (C=O) groups excluding carboxylic acids is 1. The van der Waals surface area contributed by atoms with E-state index in [4.69, 9.17) is 10.8 Å². The quantitative estimate of drug-likeness (QED) is 0.121. The van der Waals surface area contributed by atoms with Crippen LogP contribution in [0.25, 0.3) is 0 Å². The summed E-state index contributed by atoms with van der Waals surface area (Å²) in [5.41, 5.74) is 5.77. The number of Topliss-reactive ketones (excluding diaryl/α,β-unsaturated/α-hetero) is 1. The Morgan fingerprint density at radius 3 is 2.41 bits per heavy atom. The summed E-state index contributed by atoms with van der Waals surface area (Å²) in [4.78, 5) is 23.0. The van der Waals surface area contributed by atoms with Crippen molar-refractivity contribution in [2.24, 2.45) is 11.7 Å². The van der Waals surface area contributed by atoms with E-state index < -0.39 is 24.0 Å². The average Bonchev–Trinajstić information content (AvgIpc) is 2.70. The molecule has 0 aromatic carbocycles. The molecule has 1 unspecified atom stereocenters. The van der Waals surface area contributed by atoms with Crippen molar-refractivity contribution in [3.63, 3.8) is 0 Å². The lowest BCUT2D eigenvalue weighted by molar-refractivity contribution is -0.137. The number of aliphatic carboxylic acids is 1. The molecule has 0 aliphatic carbocycles. The van der Waals surface area contributed by atoms with Gasteiger partial charge in [0.25, 0.3) is 0 Å². The molecule has 6 heteroatoms. The Balaban J connectivity index is 4.58. The van der Waals surface area contributed by atoms with Crippen molar-refractivity contribution in [2.75, 3.05) is 5.75 Å². The van der Waals surface area contributed by atoms with E-state index in [0.29, 0.717) is 6.42 Å². The van der Waals surface area contributed by atoms with Gasteiger partial charge in [0, 0.05) is 12.2 Å². The van der Waals surface area contributed by atoms with Gasteiger partial charge in [-0.2, -0.15) is 12.6 Å². The molecule has 0 aromatic heterocycles. The minimum Gasteiger partial charge on any atom is -0.481 e. The number of allylic oxidation sites excluding steroid dienone is 7. The first kappa shape index (κ1) is 27.4. The number of aliphatic hydroxyl groups excluding tert-OH is 1. The van der Waals surface area contributed by atoms with Gasteiger partial charge in [-0.05, 0) is 32.1 Å². The van der Waals surface area contributed by atoms with Crippen LogP contribution in [0.3, 0.4) is 0 Å². The molecule has 164 valence electrons. The standard InChI is InChI=1S/C23H37NO4S/c1-2-3-4-5-6-7-8-9-10-11-12-13-15-19(23(28)20(24)18-29)21(25)16-14-17-22(26)27/h6-7,9-13,15,19-21,25,29H,2-5,8,14,16-18,24H2,1H3,(H,26,27)/b7-6-,10-9?,12-11?,15-13+/t19-,20?,21+/m0/s1. The zero-order valence-electron chi connectivity index (χ0n) is 17.5. The Kier molecular flexibility index (Phi) is 17.4. The molecule has 0 saturated heterocycles. The number of unbranched alkanes of at least 4 members (excludes halogenated alkanes) is 3. The molecular formula is C23H37NO4S. The van der Waals surface area contributed by atoms with E-state index in [1.165, 1.54) is 19.3 Å². The van der Waals surface area contributed by atoms with Crippen LogP contribution in [0.4, 0.5) is 0 Å². The van der Waals surface area contributed by atoms with Gasteiger partial charge >= 0.3 is 5.97 Å². The highest BCUT2D eigenvalue weighted by Crippen LogP contribution is 2.16. The Bertz CT molecular complexity index is 569. The van der Waals surface area contributed by atoms with Crippen molar-refractivity contribution < 1.29 is 19.8 Å². The molecule has 0 fully saturated rings. The van der Waals surface area contributed by atoms with Crippen molar-refractivity contribution in [1.82, 2.24) is 0 Å². The monoisotopic (exact) mass is 423 g/mol. The minimum atomic E-state index is -0.967. The summed E-state index contributed by atoms with van der Waals surface area (Å²) in [7, 11) is 0. The smallest absolute Gasteiger partial charge is 0.303 e. The maximum Gasteiger partial charge on any atom is 0.303 e. The molecule has 0 spiro atoms. The summed E-state index contributed by atoms with van der Waals surface area (Å²) in [6.45, 7) is 2.19. The number of aliphatic hydroxyl groups is 1. The number of carbonyl (C=O) groups is 2. The molecule has 0 radical (unpaired) electrons. The van der Waals surface area contributed by atoms with E-state index in [9.17, 15) is 14.7 Å². The van der Waals surface area contributed by atoms with E-state index in [1.807, 2.05) is 18.2 Å². The van der Waals surface area contributed by atoms with Crippen LogP contribution in [0, 0.1) is 5.92 Å². The van der Waals surface area contributed by atoms with Gasteiger partial charge in [-0.3, -0.25) is 9.59 Å². The third-order valence-corrected chi connectivity index (χ3v) is 4.79. The lowest BCUT2D eigenvalue weighted by Crippen LogP contribution is -2.41. The van der Waals surface area contributed by atoms with Gasteiger partial charge in [-0.25, -0.2) is 0 Å². The average molecular weight is 424 g/mol. The van der Waals surface area contributed by atoms with E-state index in [1.54, 1.807) is 18.2 Å². The van der Waals surface area contributed by atoms with Crippen LogP contribution in [-0.2, 0) is 9.59 Å². The fourth-order valence-electron chi connectivity index (χ4n) is 2.67. The topological polar surface area (TPSA) is 101 Å². The van der Waals surface area contributed by atoms with Crippen molar-refractivity contribution >= 4 is 24.4 Å². The SMILES string of the molecule is CCCCC/C=C\CC=CC=C/C=C/[C@H](C(=O)C(N)CS)[C@H](O)CCCC(=O)O. The van der Waals surface area contributed by atoms with Crippen LogP contribution in [0.2, 0.25) is 0 Å². The maximum absolute atomic E-state index is 12.4. The molecule has 0 aromatic rings. The van der Waals surface area contributed by atoms with Crippen LogP contribution in [0.5, 0.6) is 0 Å². The van der Waals surface area contributed by atoms with Crippen molar-refractivity contribution in [3.8, 4) is 0 Å². The van der Waals surface area contributed by atoms with Gasteiger partial charge in [0.1, 0.15) is 0 Å². The summed E-state index contributed by atoms with van der Waals surface area (Å²) in [6.07, 6.45) is 20.6. The van der Waals surface area contributed by atoms with Crippen LogP contribution in [0.1, 0.15) is 58.3 Å². The summed E-state index contributed by atoms with van der Waals surface area (Å²) >= 11 is 4.05. The molecule has 0 bridgehead atoms. The molecule has 5 nitrogen and oxygen atoms in total. The predicted molar refractivity (Wildman–Crippen MR) is 123 cm³/mol. The van der Waals surface area contributed by atoms with E-state index >= 15 is 0 Å². The number of carboxylic acids is 1. The zero-order chi connectivity index (χ0) is 21.9. The fraction of sp³-hybridized carbons (Fsp3) is 0.565. The molecule has 0 amide bonds. The van der Waals surface area contributed by atoms with Crippen molar-refractivity contribution in [3.05, 3.63) is 48.6 Å². The maximum atomic E-state index is 12.4. The van der Waals surface area contributed by atoms with Crippen molar-refractivity contribution in [2.45, 2.75) is 70.4 Å². The van der Waals surface area contributed by atoms with Crippen LogP contribution in [0.15, 0.2) is 48.6 Å². The van der Waals surface area contributed by atoms with Gasteiger partial charge in [0.15, 0.2) is 5.78 Å². The van der Waals surface area contributed by atoms with Crippen LogP contribution in [-0.4, -0.2) is 39.9 Å². The highest BCUT2D eigenvalue weighted by atomic mass is 32.1. The second-order valence-corrected chi connectivity index (χ2v) is 7.34. The van der Waals surface area contributed by atoms with Crippen LogP contribution < -0.4 is 5.73 Å². The highest BCUT2D eigenvalue weighted by molar-refractivity contribution is 7.80. The number of ketones is 1. The van der Waals surface area contributed by atoms with Gasteiger partial charge in [-0.15, -0.1) is 0 Å². The zero-order valence-corrected chi connectivity index (χ0v) is 18.3. The minimum absolute atomic E-state index is 0.0436. The first-order chi connectivity index (χ1) is 13.9.